The summed E-state index contributed by atoms with van der Waals surface area (Å²) >= 11 is 0. The third-order valence-electron chi connectivity index (χ3n) is 3.92. The highest BCUT2D eigenvalue weighted by molar-refractivity contribution is 5.69. The molecule has 0 spiro atoms. The summed E-state index contributed by atoms with van der Waals surface area (Å²) in [5.74, 6) is -0.159. The van der Waals surface area contributed by atoms with Crippen LogP contribution in [-0.2, 0) is 23.7 Å². The summed E-state index contributed by atoms with van der Waals surface area (Å²) in [6.07, 6.45) is 11.6. The molecule has 0 atom stereocenters. The highest BCUT2D eigenvalue weighted by Crippen LogP contribution is 2.08. The first-order valence-corrected chi connectivity index (χ1v) is 10.6. The molecule has 0 radical (unpaired) electrons. The fourth-order valence-corrected chi connectivity index (χ4v) is 2.52. The van der Waals surface area contributed by atoms with Crippen LogP contribution in [0.25, 0.3) is 0 Å². The maximum absolute atomic E-state index is 11.3. The standard InChI is InChI=1S/C21H42O5/c1-4-5-6-7-8-9-10-11-14-23-16-18-25-19-17-24-15-12-13-21(22)26-20(2)3/h20H,4-19H2,1-3H3. The average Bonchev–Trinajstić information content (AvgIpc) is 2.60. The Balaban J connectivity index is 3.06. The molecule has 0 heterocycles. The van der Waals surface area contributed by atoms with E-state index in [0.29, 0.717) is 45.9 Å². The second-order valence-corrected chi connectivity index (χ2v) is 6.95. The Morgan fingerprint density at radius 1 is 0.654 bits per heavy atom. The van der Waals surface area contributed by atoms with Crippen molar-refractivity contribution in [1.82, 2.24) is 0 Å². The fraction of sp³-hybridized carbons (Fsp3) is 0.952. The Hall–Kier alpha value is -0.650. The van der Waals surface area contributed by atoms with Crippen molar-refractivity contribution in [3.05, 3.63) is 0 Å². The number of ether oxygens (including phenoxy) is 4. The van der Waals surface area contributed by atoms with Gasteiger partial charge in [-0.3, -0.25) is 4.79 Å². The van der Waals surface area contributed by atoms with Crippen molar-refractivity contribution in [3.63, 3.8) is 0 Å². The minimum atomic E-state index is -0.159. The van der Waals surface area contributed by atoms with Gasteiger partial charge in [0.1, 0.15) is 0 Å². The van der Waals surface area contributed by atoms with Crippen molar-refractivity contribution in [2.45, 2.75) is 91.1 Å². The van der Waals surface area contributed by atoms with Gasteiger partial charge in [-0.2, -0.15) is 0 Å². The molecule has 0 aromatic heterocycles. The molecule has 0 aliphatic carbocycles. The zero-order chi connectivity index (χ0) is 19.3. The summed E-state index contributed by atoms with van der Waals surface area (Å²) in [7, 11) is 0. The van der Waals surface area contributed by atoms with E-state index in [9.17, 15) is 4.79 Å². The van der Waals surface area contributed by atoms with Gasteiger partial charge in [-0.1, -0.05) is 51.9 Å². The molecule has 5 heteroatoms. The van der Waals surface area contributed by atoms with Crippen LogP contribution in [0.3, 0.4) is 0 Å². The lowest BCUT2D eigenvalue weighted by Crippen LogP contribution is -2.13. The van der Waals surface area contributed by atoms with Gasteiger partial charge in [0.05, 0.1) is 32.5 Å². The Labute approximate surface area is 161 Å². The lowest BCUT2D eigenvalue weighted by Gasteiger charge is -2.08. The van der Waals surface area contributed by atoms with Gasteiger partial charge >= 0.3 is 5.97 Å². The molecule has 0 saturated heterocycles. The first-order chi connectivity index (χ1) is 12.7. The van der Waals surface area contributed by atoms with Gasteiger partial charge in [0.15, 0.2) is 0 Å². The van der Waals surface area contributed by atoms with Crippen LogP contribution in [-0.4, -0.2) is 51.7 Å². The summed E-state index contributed by atoms with van der Waals surface area (Å²) in [6, 6.07) is 0. The van der Waals surface area contributed by atoms with E-state index in [-0.39, 0.29) is 12.1 Å². The van der Waals surface area contributed by atoms with Gasteiger partial charge in [0.25, 0.3) is 0 Å². The highest BCUT2D eigenvalue weighted by Gasteiger charge is 2.04. The van der Waals surface area contributed by atoms with Crippen LogP contribution in [0.15, 0.2) is 0 Å². The number of carbonyl (C=O) groups is 1. The number of carbonyl (C=O) groups excluding carboxylic acids is 1. The van der Waals surface area contributed by atoms with Crippen LogP contribution in [0.1, 0.15) is 85.0 Å². The van der Waals surface area contributed by atoms with E-state index >= 15 is 0 Å². The third-order valence-corrected chi connectivity index (χ3v) is 3.92. The maximum Gasteiger partial charge on any atom is 0.306 e. The number of hydrogen-bond acceptors (Lipinski definition) is 5. The van der Waals surface area contributed by atoms with Crippen LogP contribution < -0.4 is 0 Å². The van der Waals surface area contributed by atoms with Crippen molar-refractivity contribution >= 4 is 5.97 Å². The van der Waals surface area contributed by atoms with Crippen LogP contribution >= 0.6 is 0 Å². The smallest absolute Gasteiger partial charge is 0.306 e. The molecular weight excluding hydrogens is 332 g/mol. The van der Waals surface area contributed by atoms with E-state index in [4.69, 9.17) is 18.9 Å². The minimum absolute atomic E-state index is 0.0467. The molecule has 0 aromatic carbocycles. The number of hydrogen-bond donors (Lipinski definition) is 0. The van der Waals surface area contributed by atoms with Gasteiger partial charge in [-0.15, -0.1) is 0 Å². The summed E-state index contributed by atoms with van der Waals surface area (Å²) in [4.78, 5) is 11.3. The van der Waals surface area contributed by atoms with Crippen molar-refractivity contribution in [1.29, 1.82) is 0 Å². The van der Waals surface area contributed by atoms with Gasteiger partial charge in [0, 0.05) is 19.6 Å². The summed E-state index contributed by atoms with van der Waals surface area (Å²) in [6.45, 7) is 9.74. The minimum Gasteiger partial charge on any atom is -0.463 e. The number of rotatable bonds is 20. The molecule has 0 N–H and O–H groups in total. The molecule has 26 heavy (non-hydrogen) atoms. The molecule has 0 aliphatic heterocycles. The number of unbranched alkanes of at least 4 members (excludes halogenated alkanes) is 7. The molecule has 156 valence electrons. The van der Waals surface area contributed by atoms with E-state index < -0.39 is 0 Å². The second kappa shape index (κ2) is 20.7. The Morgan fingerprint density at radius 2 is 1.12 bits per heavy atom. The Morgan fingerprint density at radius 3 is 1.65 bits per heavy atom. The van der Waals surface area contributed by atoms with E-state index in [0.717, 1.165) is 13.0 Å². The highest BCUT2D eigenvalue weighted by atomic mass is 16.5. The molecule has 0 aromatic rings. The van der Waals surface area contributed by atoms with Crippen LogP contribution in [0.4, 0.5) is 0 Å². The predicted molar refractivity (Wildman–Crippen MR) is 106 cm³/mol. The molecule has 0 aliphatic rings. The molecule has 0 saturated carbocycles. The van der Waals surface area contributed by atoms with Crippen molar-refractivity contribution in [2.24, 2.45) is 0 Å². The summed E-state index contributed by atoms with van der Waals surface area (Å²) in [5, 5.41) is 0. The zero-order valence-corrected chi connectivity index (χ0v) is 17.4. The SMILES string of the molecule is CCCCCCCCCCOCCOCCOCCCC(=O)OC(C)C. The Bertz CT molecular complexity index is 294. The topological polar surface area (TPSA) is 54.0 Å². The third kappa shape index (κ3) is 21.4. The van der Waals surface area contributed by atoms with E-state index in [1.165, 1.54) is 44.9 Å². The lowest BCUT2D eigenvalue weighted by molar-refractivity contribution is -0.147. The van der Waals surface area contributed by atoms with Crippen LogP contribution in [0, 0.1) is 0 Å². The zero-order valence-electron chi connectivity index (χ0n) is 17.4. The van der Waals surface area contributed by atoms with Gasteiger partial charge < -0.3 is 18.9 Å². The molecule has 0 amide bonds. The molecule has 5 nitrogen and oxygen atoms in total. The Kier molecular flexibility index (Phi) is 20.1. The largest absolute Gasteiger partial charge is 0.463 e. The van der Waals surface area contributed by atoms with E-state index in [1.54, 1.807) is 0 Å². The van der Waals surface area contributed by atoms with Crippen molar-refractivity contribution < 1.29 is 23.7 Å². The molecular formula is C21H42O5. The first-order valence-electron chi connectivity index (χ1n) is 10.6. The van der Waals surface area contributed by atoms with Crippen molar-refractivity contribution in [2.75, 3.05) is 39.6 Å². The normalized spacial score (nSPS) is 11.2. The van der Waals surface area contributed by atoms with Gasteiger partial charge in [-0.05, 0) is 26.7 Å². The van der Waals surface area contributed by atoms with E-state index in [1.807, 2.05) is 13.8 Å². The molecule has 0 unspecified atom stereocenters. The quantitative estimate of drug-likeness (QED) is 0.224. The molecule has 0 bridgehead atoms. The number of esters is 1. The summed E-state index contributed by atoms with van der Waals surface area (Å²) < 4.78 is 21.5. The van der Waals surface area contributed by atoms with Crippen LogP contribution in [0.5, 0.6) is 0 Å². The van der Waals surface area contributed by atoms with Crippen LogP contribution in [0.2, 0.25) is 0 Å². The lowest BCUT2D eigenvalue weighted by atomic mass is 10.1. The average molecular weight is 375 g/mol. The van der Waals surface area contributed by atoms with Gasteiger partial charge in [-0.25, -0.2) is 0 Å². The van der Waals surface area contributed by atoms with Crippen molar-refractivity contribution in [3.8, 4) is 0 Å². The molecule has 0 fully saturated rings. The monoisotopic (exact) mass is 374 g/mol. The molecule has 0 rings (SSSR count). The fourth-order valence-electron chi connectivity index (χ4n) is 2.52. The van der Waals surface area contributed by atoms with E-state index in [2.05, 4.69) is 6.92 Å². The summed E-state index contributed by atoms with van der Waals surface area (Å²) in [5.41, 5.74) is 0. The first kappa shape index (κ1) is 25.4. The second-order valence-electron chi connectivity index (χ2n) is 6.95. The predicted octanol–water partition coefficient (Wildman–Crippen LogP) is 4.91. The van der Waals surface area contributed by atoms with Gasteiger partial charge in [0.2, 0.25) is 0 Å². The maximum atomic E-state index is 11.3.